The summed E-state index contributed by atoms with van der Waals surface area (Å²) in [7, 11) is 1.56. The zero-order valence-electron chi connectivity index (χ0n) is 10.3. The van der Waals surface area contributed by atoms with Crippen molar-refractivity contribution in [3.63, 3.8) is 0 Å². The van der Waals surface area contributed by atoms with Gasteiger partial charge in [-0.2, -0.15) is 0 Å². The standard InChI is InChI=1S/C12H12F2N2O3/c1-7(11(17)16-15-2)5-8-3-4-9-10(6-8)19-12(13,14)18-9/h3-6,15H,1-2H3,(H,16,17)/b7-5+. The number of fused-ring (bicyclic) bond motifs is 1. The van der Waals surface area contributed by atoms with Crippen LogP contribution in [0.4, 0.5) is 8.78 Å². The van der Waals surface area contributed by atoms with Gasteiger partial charge < -0.3 is 9.47 Å². The van der Waals surface area contributed by atoms with E-state index in [1.54, 1.807) is 26.1 Å². The van der Waals surface area contributed by atoms with Crippen molar-refractivity contribution in [3.8, 4) is 11.5 Å². The van der Waals surface area contributed by atoms with Crippen molar-refractivity contribution >= 4 is 12.0 Å². The fourth-order valence-electron chi connectivity index (χ4n) is 1.58. The van der Waals surface area contributed by atoms with Crippen LogP contribution in [0.1, 0.15) is 12.5 Å². The molecule has 5 nitrogen and oxygen atoms in total. The monoisotopic (exact) mass is 270 g/mol. The van der Waals surface area contributed by atoms with Crippen molar-refractivity contribution in [3.05, 3.63) is 29.3 Å². The lowest BCUT2D eigenvalue weighted by Crippen LogP contribution is -2.34. The van der Waals surface area contributed by atoms with Crippen LogP contribution >= 0.6 is 0 Å². The van der Waals surface area contributed by atoms with Crippen LogP contribution in [0.2, 0.25) is 0 Å². The van der Waals surface area contributed by atoms with Gasteiger partial charge in [0.15, 0.2) is 11.5 Å². The Kier molecular flexibility index (Phi) is 3.39. The maximum atomic E-state index is 12.8. The molecule has 1 aliphatic rings. The Morgan fingerprint density at radius 1 is 1.32 bits per heavy atom. The zero-order chi connectivity index (χ0) is 14.0. The minimum atomic E-state index is -3.64. The number of carbonyl (C=O) groups is 1. The topological polar surface area (TPSA) is 59.6 Å². The summed E-state index contributed by atoms with van der Waals surface area (Å²) in [6, 6.07) is 4.30. The van der Waals surface area contributed by atoms with E-state index in [1.165, 1.54) is 12.1 Å². The third-order valence-electron chi connectivity index (χ3n) is 2.41. The first-order valence-electron chi connectivity index (χ1n) is 5.46. The number of hydrazine groups is 1. The average molecular weight is 270 g/mol. The smallest absolute Gasteiger partial charge is 0.395 e. The quantitative estimate of drug-likeness (QED) is 0.648. The second-order valence-corrected chi connectivity index (χ2v) is 3.91. The molecule has 1 aromatic rings. The molecule has 0 bridgehead atoms. The summed E-state index contributed by atoms with van der Waals surface area (Å²) in [4.78, 5) is 11.5. The lowest BCUT2D eigenvalue weighted by molar-refractivity contribution is -0.286. The number of alkyl halides is 2. The van der Waals surface area contributed by atoms with Gasteiger partial charge in [-0.3, -0.25) is 10.2 Å². The molecular weight excluding hydrogens is 258 g/mol. The van der Waals surface area contributed by atoms with Gasteiger partial charge in [-0.15, -0.1) is 8.78 Å². The van der Waals surface area contributed by atoms with Crippen molar-refractivity contribution in [1.82, 2.24) is 10.9 Å². The van der Waals surface area contributed by atoms with Crippen LogP contribution < -0.4 is 20.3 Å². The van der Waals surface area contributed by atoms with Gasteiger partial charge in [0.05, 0.1) is 0 Å². The second-order valence-electron chi connectivity index (χ2n) is 3.91. The number of hydrogen-bond acceptors (Lipinski definition) is 4. The first kappa shape index (κ1) is 13.3. The lowest BCUT2D eigenvalue weighted by Gasteiger charge is -2.04. The number of nitrogens with one attached hydrogen (secondary N) is 2. The SMILES string of the molecule is CNNC(=O)/C(C)=C/c1ccc2c(c1)OC(F)(F)O2. The van der Waals surface area contributed by atoms with Crippen molar-refractivity contribution in [2.75, 3.05) is 7.05 Å². The number of amides is 1. The minimum absolute atomic E-state index is 0.0283. The number of rotatable bonds is 3. The Labute approximate surface area is 108 Å². The summed E-state index contributed by atoms with van der Waals surface area (Å²) in [6.45, 7) is 1.60. The molecular formula is C12H12F2N2O3. The summed E-state index contributed by atoms with van der Waals surface area (Å²) < 4.78 is 34.3. The largest absolute Gasteiger partial charge is 0.586 e. The number of benzene rings is 1. The van der Waals surface area contributed by atoms with Crippen molar-refractivity contribution in [2.45, 2.75) is 13.2 Å². The van der Waals surface area contributed by atoms with Gasteiger partial charge in [-0.25, -0.2) is 5.43 Å². The third kappa shape index (κ3) is 3.00. The minimum Gasteiger partial charge on any atom is -0.395 e. The predicted octanol–water partition coefficient (Wildman–Crippen LogP) is 1.66. The molecule has 1 heterocycles. The van der Waals surface area contributed by atoms with E-state index in [4.69, 9.17) is 0 Å². The number of carbonyl (C=O) groups excluding carboxylic acids is 1. The van der Waals surface area contributed by atoms with Crippen LogP contribution in [0.5, 0.6) is 11.5 Å². The summed E-state index contributed by atoms with van der Waals surface area (Å²) in [5.74, 6) is -0.398. The molecule has 0 atom stereocenters. The molecule has 0 aromatic heterocycles. The number of halogens is 2. The van der Waals surface area contributed by atoms with Gasteiger partial charge in [0, 0.05) is 12.6 Å². The van der Waals surface area contributed by atoms with Gasteiger partial charge in [0.2, 0.25) is 0 Å². The van der Waals surface area contributed by atoms with Gasteiger partial charge in [0.25, 0.3) is 5.91 Å². The predicted molar refractivity (Wildman–Crippen MR) is 63.5 cm³/mol. The summed E-state index contributed by atoms with van der Waals surface area (Å²) >= 11 is 0. The Morgan fingerprint density at radius 2 is 2.00 bits per heavy atom. The van der Waals surface area contributed by atoms with Gasteiger partial charge in [0.1, 0.15) is 0 Å². The van der Waals surface area contributed by atoms with Gasteiger partial charge in [-0.1, -0.05) is 6.07 Å². The highest BCUT2D eigenvalue weighted by atomic mass is 19.3. The molecule has 0 fully saturated rings. The van der Waals surface area contributed by atoms with E-state index in [0.29, 0.717) is 11.1 Å². The molecule has 2 rings (SSSR count). The first-order chi connectivity index (χ1) is 8.91. The van der Waals surface area contributed by atoms with Crippen LogP contribution in [0.15, 0.2) is 23.8 Å². The van der Waals surface area contributed by atoms with Crippen LogP contribution in [0, 0.1) is 0 Å². The van der Waals surface area contributed by atoms with E-state index in [2.05, 4.69) is 20.3 Å². The van der Waals surface area contributed by atoms with E-state index in [9.17, 15) is 13.6 Å². The van der Waals surface area contributed by atoms with Gasteiger partial charge >= 0.3 is 6.29 Å². The molecule has 0 saturated heterocycles. The van der Waals surface area contributed by atoms with E-state index in [-0.39, 0.29) is 17.4 Å². The van der Waals surface area contributed by atoms with Crippen molar-refractivity contribution in [1.29, 1.82) is 0 Å². The summed E-state index contributed by atoms with van der Waals surface area (Å²) in [5, 5.41) is 0. The molecule has 1 aromatic carbocycles. The number of ether oxygens (including phenoxy) is 2. The molecule has 19 heavy (non-hydrogen) atoms. The Hall–Kier alpha value is -2.15. The van der Waals surface area contributed by atoms with Crippen LogP contribution in [-0.4, -0.2) is 19.2 Å². The number of hydrogen-bond donors (Lipinski definition) is 2. The van der Waals surface area contributed by atoms with Crippen molar-refractivity contribution in [2.24, 2.45) is 0 Å². The fourth-order valence-corrected chi connectivity index (χ4v) is 1.58. The third-order valence-corrected chi connectivity index (χ3v) is 2.41. The van der Waals surface area contributed by atoms with Crippen LogP contribution in [-0.2, 0) is 4.79 Å². The van der Waals surface area contributed by atoms with Crippen LogP contribution in [0.25, 0.3) is 6.08 Å². The molecule has 0 saturated carbocycles. The molecule has 0 spiro atoms. The normalized spacial score (nSPS) is 16.3. The summed E-state index contributed by atoms with van der Waals surface area (Å²) in [5.41, 5.74) is 5.88. The van der Waals surface area contributed by atoms with E-state index >= 15 is 0 Å². The highest BCUT2D eigenvalue weighted by Crippen LogP contribution is 2.41. The zero-order valence-corrected chi connectivity index (χ0v) is 10.3. The molecule has 0 aliphatic carbocycles. The maximum Gasteiger partial charge on any atom is 0.586 e. The molecule has 0 unspecified atom stereocenters. The Balaban J connectivity index is 2.21. The van der Waals surface area contributed by atoms with Gasteiger partial charge in [-0.05, 0) is 30.7 Å². The van der Waals surface area contributed by atoms with Crippen LogP contribution in [0.3, 0.4) is 0 Å². The van der Waals surface area contributed by atoms with E-state index in [0.717, 1.165) is 0 Å². The molecule has 7 heteroatoms. The van der Waals surface area contributed by atoms with Crippen molar-refractivity contribution < 1.29 is 23.0 Å². The van der Waals surface area contributed by atoms with E-state index in [1.807, 2.05) is 0 Å². The molecule has 1 aliphatic heterocycles. The highest BCUT2D eigenvalue weighted by Gasteiger charge is 2.43. The molecule has 2 N–H and O–H groups in total. The first-order valence-corrected chi connectivity index (χ1v) is 5.46. The highest BCUT2D eigenvalue weighted by molar-refractivity contribution is 5.96. The Bertz CT molecular complexity index is 544. The van der Waals surface area contributed by atoms with E-state index < -0.39 is 6.29 Å². The molecule has 1 amide bonds. The second kappa shape index (κ2) is 4.85. The molecule has 102 valence electrons. The lowest BCUT2D eigenvalue weighted by atomic mass is 10.1. The summed E-state index contributed by atoms with van der Waals surface area (Å²) in [6.07, 6.45) is -2.09. The Morgan fingerprint density at radius 3 is 2.68 bits per heavy atom. The molecule has 0 radical (unpaired) electrons. The average Bonchev–Trinajstić information content (AvgIpc) is 2.62. The maximum absolute atomic E-state index is 12.8. The fraction of sp³-hybridized carbons (Fsp3) is 0.250.